The van der Waals surface area contributed by atoms with E-state index in [0.29, 0.717) is 0 Å². The second-order valence-corrected chi connectivity index (χ2v) is 5.09. The van der Waals surface area contributed by atoms with Gasteiger partial charge in [-0.2, -0.15) is 0 Å². The number of aromatic nitrogens is 1. The molecule has 0 aromatic carbocycles. The van der Waals surface area contributed by atoms with Gasteiger partial charge in [0.15, 0.2) is 0 Å². The fourth-order valence-electron chi connectivity index (χ4n) is 2.64. The molecule has 1 aromatic rings. The summed E-state index contributed by atoms with van der Waals surface area (Å²) < 4.78 is 0. The third-order valence-electron chi connectivity index (χ3n) is 3.48. The Morgan fingerprint density at radius 2 is 2.33 bits per heavy atom. The predicted octanol–water partition coefficient (Wildman–Crippen LogP) is 2.22. The standard InChI is InChI=1S/C14H20N2O2/c1-11-6-12(9-15-8-11)10-16-5-3-2-4-13(16)7-14(17)18/h6,8-9,13H,2-5,7,10H2,1H3,(H,17,18). The molecule has 1 aliphatic rings. The van der Waals surface area contributed by atoms with Crippen molar-refractivity contribution in [1.82, 2.24) is 9.88 Å². The summed E-state index contributed by atoms with van der Waals surface area (Å²) in [6.07, 6.45) is 7.26. The second kappa shape index (κ2) is 5.96. The molecule has 1 fully saturated rings. The molecule has 4 nitrogen and oxygen atoms in total. The van der Waals surface area contributed by atoms with Crippen LogP contribution < -0.4 is 0 Å². The van der Waals surface area contributed by atoms with Crippen molar-refractivity contribution in [3.63, 3.8) is 0 Å². The maximum Gasteiger partial charge on any atom is 0.304 e. The molecule has 0 spiro atoms. The van der Waals surface area contributed by atoms with Crippen LogP contribution in [0, 0.1) is 6.92 Å². The van der Waals surface area contributed by atoms with E-state index in [4.69, 9.17) is 5.11 Å². The molecule has 0 radical (unpaired) electrons. The summed E-state index contributed by atoms with van der Waals surface area (Å²) in [5.41, 5.74) is 2.33. The number of nitrogens with zero attached hydrogens (tertiary/aromatic N) is 2. The second-order valence-electron chi connectivity index (χ2n) is 5.09. The molecule has 1 aromatic heterocycles. The lowest BCUT2D eigenvalue weighted by Crippen LogP contribution is -2.40. The van der Waals surface area contributed by atoms with Crippen molar-refractivity contribution < 1.29 is 9.90 Å². The van der Waals surface area contributed by atoms with Crippen LogP contribution in [0.2, 0.25) is 0 Å². The van der Waals surface area contributed by atoms with Gasteiger partial charge in [-0.05, 0) is 37.4 Å². The van der Waals surface area contributed by atoms with E-state index in [0.717, 1.165) is 37.9 Å². The van der Waals surface area contributed by atoms with Gasteiger partial charge in [0.25, 0.3) is 0 Å². The number of aryl methyl sites for hydroxylation is 1. The van der Waals surface area contributed by atoms with Crippen LogP contribution in [-0.4, -0.2) is 33.5 Å². The summed E-state index contributed by atoms with van der Waals surface area (Å²) in [6, 6.07) is 2.30. The maximum absolute atomic E-state index is 10.9. The van der Waals surface area contributed by atoms with Crippen LogP contribution in [0.3, 0.4) is 0 Å². The van der Waals surface area contributed by atoms with Crippen LogP contribution in [0.4, 0.5) is 0 Å². The van der Waals surface area contributed by atoms with Crippen molar-refractivity contribution >= 4 is 5.97 Å². The number of piperidine rings is 1. The van der Waals surface area contributed by atoms with Gasteiger partial charge in [-0.15, -0.1) is 0 Å². The zero-order valence-corrected chi connectivity index (χ0v) is 10.8. The lowest BCUT2D eigenvalue weighted by Gasteiger charge is -2.34. The van der Waals surface area contributed by atoms with E-state index in [9.17, 15) is 4.79 Å². The number of carboxylic acid groups (broad SMARTS) is 1. The molecule has 1 atom stereocenters. The largest absolute Gasteiger partial charge is 0.481 e. The number of pyridine rings is 1. The van der Waals surface area contributed by atoms with Crippen LogP contribution in [0.15, 0.2) is 18.5 Å². The van der Waals surface area contributed by atoms with Crippen molar-refractivity contribution in [3.05, 3.63) is 29.6 Å². The Labute approximate surface area is 108 Å². The normalized spacial score (nSPS) is 20.8. The lowest BCUT2D eigenvalue weighted by molar-refractivity contribution is -0.138. The number of hydrogen-bond donors (Lipinski definition) is 1. The van der Waals surface area contributed by atoms with E-state index in [1.807, 2.05) is 19.3 Å². The van der Waals surface area contributed by atoms with Crippen LogP contribution in [0.25, 0.3) is 0 Å². The minimum Gasteiger partial charge on any atom is -0.481 e. The lowest BCUT2D eigenvalue weighted by atomic mass is 9.98. The summed E-state index contributed by atoms with van der Waals surface area (Å²) in [5, 5.41) is 8.95. The Bertz CT molecular complexity index is 420. The molecule has 4 heteroatoms. The van der Waals surface area contributed by atoms with Gasteiger partial charge in [-0.1, -0.05) is 12.5 Å². The van der Waals surface area contributed by atoms with Gasteiger partial charge in [0.1, 0.15) is 0 Å². The van der Waals surface area contributed by atoms with Crippen molar-refractivity contribution in [3.8, 4) is 0 Å². The van der Waals surface area contributed by atoms with Crippen molar-refractivity contribution in [1.29, 1.82) is 0 Å². The van der Waals surface area contributed by atoms with Gasteiger partial charge in [0.05, 0.1) is 6.42 Å². The van der Waals surface area contributed by atoms with Crippen molar-refractivity contribution in [2.75, 3.05) is 6.54 Å². The molecule has 2 rings (SSSR count). The number of carboxylic acids is 1. The number of aliphatic carboxylic acids is 1. The van der Waals surface area contributed by atoms with Crippen LogP contribution >= 0.6 is 0 Å². The average molecular weight is 248 g/mol. The first-order chi connectivity index (χ1) is 8.65. The Morgan fingerprint density at radius 3 is 3.06 bits per heavy atom. The quantitative estimate of drug-likeness (QED) is 0.887. The Hall–Kier alpha value is -1.42. The molecule has 0 bridgehead atoms. The highest BCUT2D eigenvalue weighted by Crippen LogP contribution is 2.22. The third-order valence-corrected chi connectivity index (χ3v) is 3.48. The minimum absolute atomic E-state index is 0.178. The van der Waals surface area contributed by atoms with Gasteiger partial charge in [0, 0.05) is 25.0 Å². The predicted molar refractivity (Wildman–Crippen MR) is 69.3 cm³/mol. The van der Waals surface area contributed by atoms with Gasteiger partial charge in [-0.25, -0.2) is 0 Å². The first-order valence-corrected chi connectivity index (χ1v) is 6.51. The molecule has 18 heavy (non-hydrogen) atoms. The average Bonchev–Trinajstić information content (AvgIpc) is 2.31. The van der Waals surface area contributed by atoms with E-state index >= 15 is 0 Å². The van der Waals surface area contributed by atoms with Gasteiger partial charge >= 0.3 is 5.97 Å². The van der Waals surface area contributed by atoms with Gasteiger partial charge < -0.3 is 5.11 Å². The van der Waals surface area contributed by atoms with E-state index in [1.54, 1.807) is 0 Å². The van der Waals surface area contributed by atoms with E-state index in [1.165, 1.54) is 5.56 Å². The molecule has 1 unspecified atom stereocenters. The first kappa shape index (κ1) is 13.0. The number of rotatable bonds is 4. The molecule has 0 saturated carbocycles. The van der Waals surface area contributed by atoms with E-state index in [2.05, 4.69) is 16.0 Å². The first-order valence-electron chi connectivity index (χ1n) is 6.51. The molecule has 1 saturated heterocycles. The molecule has 2 heterocycles. The summed E-state index contributed by atoms with van der Waals surface area (Å²) in [7, 11) is 0. The van der Waals surface area contributed by atoms with E-state index in [-0.39, 0.29) is 12.5 Å². The molecule has 98 valence electrons. The number of hydrogen-bond acceptors (Lipinski definition) is 3. The van der Waals surface area contributed by atoms with E-state index < -0.39 is 5.97 Å². The van der Waals surface area contributed by atoms with Crippen LogP contribution in [0.1, 0.15) is 36.8 Å². The zero-order valence-electron chi connectivity index (χ0n) is 10.8. The Morgan fingerprint density at radius 1 is 1.50 bits per heavy atom. The molecular formula is C14H20N2O2. The number of carbonyl (C=O) groups is 1. The minimum atomic E-state index is -0.700. The molecule has 0 aliphatic carbocycles. The number of likely N-dealkylation sites (tertiary alicyclic amines) is 1. The van der Waals surface area contributed by atoms with Gasteiger partial charge in [-0.3, -0.25) is 14.7 Å². The summed E-state index contributed by atoms with van der Waals surface area (Å²) in [6.45, 7) is 3.83. The summed E-state index contributed by atoms with van der Waals surface area (Å²) in [4.78, 5) is 17.4. The fourth-order valence-corrected chi connectivity index (χ4v) is 2.64. The topological polar surface area (TPSA) is 53.4 Å². The summed E-state index contributed by atoms with van der Waals surface area (Å²) >= 11 is 0. The molecule has 0 amide bonds. The Kier molecular flexibility index (Phi) is 4.31. The van der Waals surface area contributed by atoms with Crippen LogP contribution in [0.5, 0.6) is 0 Å². The zero-order chi connectivity index (χ0) is 13.0. The Balaban J connectivity index is 2.03. The molecule has 1 N–H and O–H groups in total. The van der Waals surface area contributed by atoms with Crippen molar-refractivity contribution in [2.24, 2.45) is 0 Å². The highest BCUT2D eigenvalue weighted by molar-refractivity contribution is 5.67. The van der Waals surface area contributed by atoms with Gasteiger partial charge in [0.2, 0.25) is 0 Å². The monoisotopic (exact) mass is 248 g/mol. The highest BCUT2D eigenvalue weighted by Gasteiger charge is 2.24. The smallest absolute Gasteiger partial charge is 0.304 e. The van der Waals surface area contributed by atoms with Crippen LogP contribution in [-0.2, 0) is 11.3 Å². The third kappa shape index (κ3) is 3.53. The highest BCUT2D eigenvalue weighted by atomic mass is 16.4. The SMILES string of the molecule is Cc1cncc(CN2CCCCC2CC(=O)O)c1. The summed E-state index contributed by atoms with van der Waals surface area (Å²) in [5.74, 6) is -0.700. The van der Waals surface area contributed by atoms with Crippen molar-refractivity contribution in [2.45, 2.75) is 45.2 Å². The molecular weight excluding hydrogens is 228 g/mol. The molecule has 1 aliphatic heterocycles. The fraction of sp³-hybridized carbons (Fsp3) is 0.571. The maximum atomic E-state index is 10.9.